The smallest absolute Gasteiger partial charge is 0.254 e. The fraction of sp³-hybridized carbons (Fsp3) is 0.200. The number of primary amides is 1. The Morgan fingerprint density at radius 1 is 1.28 bits per heavy atom. The van der Waals surface area contributed by atoms with Crippen LogP contribution in [0.4, 0.5) is 23.1 Å². The van der Waals surface area contributed by atoms with Crippen LogP contribution in [0.3, 0.4) is 0 Å². The minimum atomic E-state index is -0.600. The summed E-state index contributed by atoms with van der Waals surface area (Å²) in [7, 11) is 0. The second kappa shape index (κ2) is 8.42. The average Bonchev–Trinajstić information content (AvgIpc) is 2.98. The van der Waals surface area contributed by atoms with E-state index in [2.05, 4.69) is 30.9 Å². The van der Waals surface area contributed by atoms with E-state index in [1.807, 2.05) is 30.3 Å². The first-order valence-electron chi connectivity index (χ1n) is 9.26. The maximum atomic E-state index is 11.7. The van der Waals surface area contributed by atoms with Crippen LogP contribution in [0.5, 0.6) is 5.75 Å². The largest absolute Gasteiger partial charge is 0.491 e. The molecule has 9 heteroatoms. The number of rotatable bonds is 6. The summed E-state index contributed by atoms with van der Waals surface area (Å²) in [4.78, 5) is 24.5. The first-order chi connectivity index (χ1) is 14.2. The molecule has 1 aromatic carbocycles. The van der Waals surface area contributed by atoms with Gasteiger partial charge in [0.1, 0.15) is 11.6 Å². The zero-order chi connectivity index (χ0) is 20.1. The second-order valence-electron chi connectivity index (χ2n) is 6.50. The van der Waals surface area contributed by atoms with Crippen molar-refractivity contribution in [2.75, 3.05) is 29.1 Å². The van der Waals surface area contributed by atoms with Gasteiger partial charge < -0.3 is 26.4 Å². The molecule has 0 atom stereocenters. The summed E-state index contributed by atoms with van der Waals surface area (Å²) < 4.78 is 5.70. The molecule has 29 heavy (non-hydrogen) atoms. The number of nitrogens with two attached hydrogens (primary N) is 1. The highest BCUT2D eigenvalue weighted by molar-refractivity contribution is 5.97. The van der Waals surface area contributed by atoms with Gasteiger partial charge in [0.25, 0.3) is 5.91 Å². The SMILES string of the molecule is NC(=O)c1cnc(Nc2ccc3c(c2)NCCCO3)nc1NCc1cccnc1. The van der Waals surface area contributed by atoms with Crippen LogP contribution >= 0.6 is 0 Å². The highest BCUT2D eigenvalue weighted by Crippen LogP contribution is 2.30. The number of nitrogens with one attached hydrogen (secondary N) is 3. The summed E-state index contributed by atoms with van der Waals surface area (Å²) in [6.07, 6.45) is 5.79. The van der Waals surface area contributed by atoms with E-state index in [9.17, 15) is 4.79 Å². The van der Waals surface area contributed by atoms with Crippen LogP contribution in [0.1, 0.15) is 22.3 Å². The van der Waals surface area contributed by atoms with Crippen molar-refractivity contribution in [3.63, 3.8) is 0 Å². The number of aromatic nitrogens is 3. The maximum absolute atomic E-state index is 11.7. The number of benzene rings is 1. The van der Waals surface area contributed by atoms with Crippen molar-refractivity contribution >= 4 is 29.0 Å². The van der Waals surface area contributed by atoms with Gasteiger partial charge in [-0.25, -0.2) is 4.98 Å². The fourth-order valence-corrected chi connectivity index (χ4v) is 2.92. The van der Waals surface area contributed by atoms with E-state index >= 15 is 0 Å². The Morgan fingerprint density at radius 2 is 2.21 bits per heavy atom. The summed E-state index contributed by atoms with van der Waals surface area (Å²) in [5, 5.41) is 9.63. The standard InChI is InChI=1S/C20H21N7O2/c21-18(28)15-12-25-20(27-19(15)24-11-13-3-1-6-22-10-13)26-14-4-5-17-16(9-14)23-7-2-8-29-17/h1,3-6,9-10,12,23H,2,7-8,11H2,(H2,21,28)(H2,24,25,26,27). The Morgan fingerprint density at radius 3 is 3.03 bits per heavy atom. The van der Waals surface area contributed by atoms with Crippen LogP contribution in [0.2, 0.25) is 0 Å². The molecule has 0 unspecified atom stereocenters. The average molecular weight is 391 g/mol. The Hall–Kier alpha value is -3.88. The van der Waals surface area contributed by atoms with Crippen molar-refractivity contribution in [1.29, 1.82) is 0 Å². The third-order valence-corrected chi connectivity index (χ3v) is 4.37. The summed E-state index contributed by atoms with van der Waals surface area (Å²) in [6.45, 7) is 1.99. The number of pyridine rings is 1. The second-order valence-corrected chi connectivity index (χ2v) is 6.50. The molecule has 1 amide bonds. The molecule has 4 rings (SSSR count). The Bertz CT molecular complexity index is 1010. The predicted molar refractivity (Wildman–Crippen MR) is 110 cm³/mol. The third-order valence-electron chi connectivity index (χ3n) is 4.37. The molecule has 0 bridgehead atoms. The van der Waals surface area contributed by atoms with Gasteiger partial charge in [0, 0.05) is 37.4 Å². The molecule has 2 aromatic heterocycles. The summed E-state index contributed by atoms with van der Waals surface area (Å²) in [5.74, 6) is 0.918. The highest BCUT2D eigenvalue weighted by atomic mass is 16.5. The van der Waals surface area contributed by atoms with Gasteiger partial charge >= 0.3 is 0 Å². The van der Waals surface area contributed by atoms with E-state index in [0.717, 1.165) is 35.7 Å². The molecular formula is C20H21N7O2. The maximum Gasteiger partial charge on any atom is 0.254 e. The first-order valence-corrected chi connectivity index (χ1v) is 9.26. The molecule has 3 heterocycles. The van der Waals surface area contributed by atoms with Gasteiger partial charge in [-0.15, -0.1) is 0 Å². The van der Waals surface area contributed by atoms with Gasteiger partial charge in [0.05, 0.1) is 17.9 Å². The number of fused-ring (bicyclic) bond motifs is 1. The molecule has 3 aromatic rings. The van der Waals surface area contributed by atoms with Crippen LogP contribution in [-0.4, -0.2) is 34.0 Å². The van der Waals surface area contributed by atoms with Crippen LogP contribution < -0.4 is 26.4 Å². The molecule has 1 aliphatic heterocycles. The molecule has 0 saturated carbocycles. The van der Waals surface area contributed by atoms with E-state index in [1.54, 1.807) is 12.4 Å². The van der Waals surface area contributed by atoms with E-state index in [0.29, 0.717) is 24.9 Å². The minimum absolute atomic E-state index is 0.219. The molecule has 0 spiro atoms. The molecule has 0 saturated heterocycles. The van der Waals surface area contributed by atoms with Crippen molar-refractivity contribution in [1.82, 2.24) is 15.0 Å². The van der Waals surface area contributed by atoms with Crippen molar-refractivity contribution < 1.29 is 9.53 Å². The topological polar surface area (TPSA) is 127 Å². The molecule has 5 N–H and O–H groups in total. The lowest BCUT2D eigenvalue weighted by atomic mass is 10.2. The number of anilines is 4. The lowest BCUT2D eigenvalue weighted by molar-refractivity contribution is 0.100. The van der Waals surface area contributed by atoms with Gasteiger partial charge in [0.2, 0.25) is 5.95 Å². The van der Waals surface area contributed by atoms with Gasteiger partial charge in [-0.05, 0) is 36.2 Å². The van der Waals surface area contributed by atoms with Crippen molar-refractivity contribution in [3.05, 3.63) is 60.0 Å². The van der Waals surface area contributed by atoms with Gasteiger partial charge in [-0.1, -0.05) is 6.07 Å². The van der Waals surface area contributed by atoms with E-state index < -0.39 is 5.91 Å². The van der Waals surface area contributed by atoms with Crippen LogP contribution in [0, 0.1) is 0 Å². The minimum Gasteiger partial charge on any atom is -0.491 e. The van der Waals surface area contributed by atoms with E-state index in [1.165, 1.54) is 6.20 Å². The van der Waals surface area contributed by atoms with Gasteiger partial charge in [-0.3, -0.25) is 9.78 Å². The van der Waals surface area contributed by atoms with Crippen LogP contribution in [0.25, 0.3) is 0 Å². The fourth-order valence-electron chi connectivity index (χ4n) is 2.92. The molecule has 1 aliphatic rings. The molecule has 148 valence electrons. The quantitative estimate of drug-likeness (QED) is 0.505. The Labute approximate surface area is 167 Å². The predicted octanol–water partition coefficient (Wildman–Crippen LogP) is 2.52. The third kappa shape index (κ3) is 4.52. The number of carbonyl (C=O) groups excluding carboxylic acids is 1. The van der Waals surface area contributed by atoms with Crippen molar-refractivity contribution in [2.24, 2.45) is 5.73 Å². The zero-order valence-corrected chi connectivity index (χ0v) is 15.7. The highest BCUT2D eigenvalue weighted by Gasteiger charge is 2.14. The van der Waals surface area contributed by atoms with Crippen LogP contribution in [-0.2, 0) is 6.54 Å². The van der Waals surface area contributed by atoms with E-state index in [4.69, 9.17) is 10.5 Å². The van der Waals surface area contributed by atoms with E-state index in [-0.39, 0.29) is 5.56 Å². The molecule has 0 fully saturated rings. The van der Waals surface area contributed by atoms with Crippen molar-refractivity contribution in [3.8, 4) is 5.75 Å². The number of amides is 1. The number of carbonyl (C=O) groups is 1. The molecule has 0 aliphatic carbocycles. The number of hydrogen-bond donors (Lipinski definition) is 4. The number of ether oxygens (including phenoxy) is 1. The number of nitrogens with zero attached hydrogens (tertiary/aromatic N) is 3. The zero-order valence-electron chi connectivity index (χ0n) is 15.7. The number of hydrogen-bond acceptors (Lipinski definition) is 8. The Kier molecular flexibility index (Phi) is 5.37. The van der Waals surface area contributed by atoms with Gasteiger partial charge in [0.15, 0.2) is 0 Å². The normalized spacial score (nSPS) is 12.7. The summed E-state index contributed by atoms with van der Waals surface area (Å²) in [6, 6.07) is 9.49. The first kappa shape index (κ1) is 18.5. The lowest BCUT2D eigenvalue weighted by Crippen LogP contribution is -2.17. The summed E-state index contributed by atoms with van der Waals surface area (Å²) >= 11 is 0. The summed E-state index contributed by atoms with van der Waals surface area (Å²) in [5.41, 5.74) is 8.35. The monoisotopic (exact) mass is 391 g/mol. The lowest BCUT2D eigenvalue weighted by Gasteiger charge is -2.13. The Balaban J connectivity index is 1.54. The molecule has 0 radical (unpaired) electrons. The van der Waals surface area contributed by atoms with Crippen molar-refractivity contribution in [2.45, 2.75) is 13.0 Å². The molecular weight excluding hydrogens is 370 g/mol. The van der Waals surface area contributed by atoms with Gasteiger partial charge in [-0.2, -0.15) is 4.98 Å². The van der Waals surface area contributed by atoms with Crippen LogP contribution in [0.15, 0.2) is 48.9 Å². The molecule has 9 nitrogen and oxygen atoms in total.